The Balaban J connectivity index is 2.04. The maximum absolute atomic E-state index is 3.58. The van der Waals surface area contributed by atoms with Gasteiger partial charge in [0.25, 0.3) is 0 Å². The van der Waals surface area contributed by atoms with Crippen molar-refractivity contribution >= 4 is 0 Å². The van der Waals surface area contributed by atoms with E-state index in [1.54, 1.807) is 0 Å². The van der Waals surface area contributed by atoms with Gasteiger partial charge in [-0.1, -0.05) is 27.7 Å². The highest BCUT2D eigenvalue weighted by Gasteiger charge is 2.36. The monoisotopic (exact) mass is 183 g/mol. The molecule has 1 fully saturated rings. The van der Waals surface area contributed by atoms with Crippen LogP contribution in [0, 0.1) is 17.3 Å². The van der Waals surface area contributed by atoms with Crippen LogP contribution in [0.5, 0.6) is 0 Å². The molecule has 0 aromatic carbocycles. The van der Waals surface area contributed by atoms with Gasteiger partial charge in [-0.2, -0.15) is 0 Å². The predicted octanol–water partition coefficient (Wildman–Crippen LogP) is 3.06. The summed E-state index contributed by atoms with van der Waals surface area (Å²) in [5.74, 6) is 1.83. The molecular formula is C12H25N. The highest BCUT2D eigenvalue weighted by Crippen LogP contribution is 2.44. The van der Waals surface area contributed by atoms with Crippen molar-refractivity contribution in [3.63, 3.8) is 0 Å². The lowest BCUT2D eigenvalue weighted by atomic mass is 9.87. The minimum atomic E-state index is 0.539. The summed E-state index contributed by atoms with van der Waals surface area (Å²) >= 11 is 0. The molecule has 13 heavy (non-hydrogen) atoms. The summed E-state index contributed by atoms with van der Waals surface area (Å²) < 4.78 is 0. The summed E-state index contributed by atoms with van der Waals surface area (Å²) in [6.45, 7) is 11.7. The molecule has 1 N–H and O–H groups in total. The van der Waals surface area contributed by atoms with Gasteiger partial charge in [-0.05, 0) is 43.1 Å². The largest absolute Gasteiger partial charge is 0.316 e. The van der Waals surface area contributed by atoms with Crippen molar-refractivity contribution in [3.05, 3.63) is 0 Å². The van der Waals surface area contributed by atoms with Gasteiger partial charge in [0, 0.05) is 6.54 Å². The van der Waals surface area contributed by atoms with Crippen LogP contribution in [0.2, 0.25) is 0 Å². The van der Waals surface area contributed by atoms with Crippen LogP contribution in [0.25, 0.3) is 0 Å². The van der Waals surface area contributed by atoms with Gasteiger partial charge in [0.1, 0.15) is 0 Å². The molecule has 0 radical (unpaired) electrons. The van der Waals surface area contributed by atoms with E-state index in [4.69, 9.17) is 0 Å². The van der Waals surface area contributed by atoms with Crippen molar-refractivity contribution in [1.29, 1.82) is 0 Å². The van der Waals surface area contributed by atoms with Crippen molar-refractivity contribution in [3.8, 4) is 0 Å². The fourth-order valence-corrected chi connectivity index (χ4v) is 1.81. The molecule has 1 nitrogen and oxygen atoms in total. The molecule has 0 saturated heterocycles. The zero-order valence-electron chi connectivity index (χ0n) is 9.69. The van der Waals surface area contributed by atoms with E-state index in [1.807, 2.05) is 0 Å². The van der Waals surface area contributed by atoms with Crippen LogP contribution in [0.3, 0.4) is 0 Å². The third kappa shape index (κ3) is 4.12. The number of rotatable bonds is 6. The summed E-state index contributed by atoms with van der Waals surface area (Å²) in [7, 11) is 0. The van der Waals surface area contributed by atoms with Gasteiger partial charge >= 0.3 is 0 Å². The van der Waals surface area contributed by atoms with Crippen molar-refractivity contribution in [2.75, 3.05) is 13.1 Å². The Morgan fingerprint density at radius 1 is 1.31 bits per heavy atom. The van der Waals surface area contributed by atoms with Crippen LogP contribution in [0.15, 0.2) is 0 Å². The standard InChI is InChI=1S/C12H25N/c1-10(2)7-8-13-9-12(3,4)11-5-6-11/h10-11,13H,5-9H2,1-4H3. The zero-order chi connectivity index (χ0) is 9.90. The Kier molecular flexibility index (Phi) is 3.78. The van der Waals surface area contributed by atoms with Crippen LogP contribution >= 0.6 is 0 Å². The molecule has 0 aromatic heterocycles. The molecule has 1 aliphatic rings. The maximum atomic E-state index is 3.58. The number of nitrogens with one attached hydrogen (secondary N) is 1. The van der Waals surface area contributed by atoms with Gasteiger partial charge in [0.15, 0.2) is 0 Å². The average molecular weight is 183 g/mol. The van der Waals surface area contributed by atoms with E-state index < -0.39 is 0 Å². The third-order valence-electron chi connectivity index (χ3n) is 3.16. The summed E-state index contributed by atoms with van der Waals surface area (Å²) in [5.41, 5.74) is 0.539. The summed E-state index contributed by atoms with van der Waals surface area (Å²) in [4.78, 5) is 0. The highest BCUT2D eigenvalue weighted by molar-refractivity contribution is 4.89. The van der Waals surface area contributed by atoms with Gasteiger partial charge < -0.3 is 5.32 Å². The van der Waals surface area contributed by atoms with E-state index in [0.717, 1.165) is 11.8 Å². The molecule has 0 unspecified atom stereocenters. The number of hydrogen-bond acceptors (Lipinski definition) is 1. The van der Waals surface area contributed by atoms with Gasteiger partial charge in [-0.15, -0.1) is 0 Å². The van der Waals surface area contributed by atoms with Gasteiger partial charge in [0.05, 0.1) is 0 Å². The fourth-order valence-electron chi connectivity index (χ4n) is 1.81. The fraction of sp³-hybridized carbons (Fsp3) is 1.00. The predicted molar refractivity (Wildman–Crippen MR) is 58.8 cm³/mol. The Bertz CT molecular complexity index is 145. The molecule has 0 aromatic rings. The molecule has 1 rings (SSSR count). The van der Waals surface area contributed by atoms with Crippen LogP contribution in [0.4, 0.5) is 0 Å². The molecule has 0 atom stereocenters. The van der Waals surface area contributed by atoms with E-state index in [1.165, 1.54) is 32.4 Å². The Morgan fingerprint density at radius 2 is 1.92 bits per heavy atom. The van der Waals surface area contributed by atoms with Crippen molar-refractivity contribution in [2.24, 2.45) is 17.3 Å². The first kappa shape index (κ1) is 11.0. The lowest BCUT2D eigenvalue weighted by Crippen LogP contribution is -2.32. The topological polar surface area (TPSA) is 12.0 Å². The lowest BCUT2D eigenvalue weighted by molar-refractivity contribution is 0.289. The van der Waals surface area contributed by atoms with E-state index in [2.05, 4.69) is 33.0 Å². The van der Waals surface area contributed by atoms with Crippen molar-refractivity contribution < 1.29 is 0 Å². The smallest absolute Gasteiger partial charge is 0.000517 e. The van der Waals surface area contributed by atoms with Gasteiger partial charge in [-0.25, -0.2) is 0 Å². The summed E-state index contributed by atoms with van der Waals surface area (Å²) in [6.07, 6.45) is 4.22. The van der Waals surface area contributed by atoms with Crippen molar-refractivity contribution in [2.45, 2.75) is 47.0 Å². The Hall–Kier alpha value is -0.0400. The molecule has 0 heterocycles. The average Bonchev–Trinajstić information content (AvgIpc) is 2.79. The lowest BCUT2D eigenvalue weighted by Gasteiger charge is -2.25. The second kappa shape index (κ2) is 4.45. The molecule has 0 spiro atoms. The zero-order valence-corrected chi connectivity index (χ0v) is 9.69. The molecular weight excluding hydrogens is 158 g/mol. The Morgan fingerprint density at radius 3 is 2.38 bits per heavy atom. The van der Waals surface area contributed by atoms with Crippen LogP contribution < -0.4 is 5.32 Å². The molecule has 0 aliphatic heterocycles. The second-order valence-corrected chi connectivity index (χ2v) is 5.62. The normalized spacial score (nSPS) is 18.2. The van der Waals surface area contributed by atoms with E-state index in [-0.39, 0.29) is 0 Å². The molecule has 78 valence electrons. The van der Waals surface area contributed by atoms with Crippen LogP contribution in [-0.4, -0.2) is 13.1 Å². The van der Waals surface area contributed by atoms with E-state index >= 15 is 0 Å². The first-order chi connectivity index (χ1) is 6.02. The molecule has 1 heteroatoms. The second-order valence-electron chi connectivity index (χ2n) is 5.62. The molecule has 1 aliphatic carbocycles. The molecule has 0 amide bonds. The summed E-state index contributed by atoms with van der Waals surface area (Å²) in [6, 6.07) is 0. The van der Waals surface area contributed by atoms with Gasteiger partial charge in [-0.3, -0.25) is 0 Å². The van der Waals surface area contributed by atoms with Crippen LogP contribution in [-0.2, 0) is 0 Å². The minimum absolute atomic E-state index is 0.539. The quantitative estimate of drug-likeness (QED) is 0.624. The Labute approximate surface area is 83.3 Å². The molecule has 0 bridgehead atoms. The van der Waals surface area contributed by atoms with E-state index in [0.29, 0.717) is 5.41 Å². The maximum Gasteiger partial charge on any atom is 0.000517 e. The van der Waals surface area contributed by atoms with Crippen LogP contribution in [0.1, 0.15) is 47.0 Å². The minimum Gasteiger partial charge on any atom is -0.316 e. The van der Waals surface area contributed by atoms with E-state index in [9.17, 15) is 0 Å². The van der Waals surface area contributed by atoms with Gasteiger partial charge in [0.2, 0.25) is 0 Å². The third-order valence-corrected chi connectivity index (χ3v) is 3.16. The molecule has 1 saturated carbocycles. The first-order valence-electron chi connectivity index (χ1n) is 5.73. The first-order valence-corrected chi connectivity index (χ1v) is 5.73. The summed E-state index contributed by atoms with van der Waals surface area (Å²) in [5, 5.41) is 3.58. The SMILES string of the molecule is CC(C)CCNCC(C)(C)C1CC1. The highest BCUT2D eigenvalue weighted by atomic mass is 14.9. The number of hydrogen-bond donors (Lipinski definition) is 1. The van der Waals surface area contributed by atoms with Crippen molar-refractivity contribution in [1.82, 2.24) is 5.32 Å².